The third-order valence-corrected chi connectivity index (χ3v) is 4.72. The minimum atomic E-state index is -0.285. The van der Waals surface area contributed by atoms with Gasteiger partial charge in [-0.25, -0.2) is 4.39 Å². The van der Waals surface area contributed by atoms with E-state index in [2.05, 4.69) is 0 Å². The van der Waals surface area contributed by atoms with Gasteiger partial charge in [0.15, 0.2) is 0 Å². The van der Waals surface area contributed by atoms with Gasteiger partial charge in [0.25, 0.3) is 0 Å². The Balaban J connectivity index is 1.82. The Hall–Kier alpha value is -1.52. The molecule has 5 heteroatoms. The van der Waals surface area contributed by atoms with E-state index in [0.29, 0.717) is 22.8 Å². The van der Waals surface area contributed by atoms with Crippen LogP contribution >= 0.6 is 23.4 Å². The highest BCUT2D eigenvalue weighted by Gasteiger charge is 2.11. The standard InChI is InChI=1S/C17H17ClFNOS/c1-20(12-13-6-2-4-8-15(13)19)17(21)10-11-22-16-9-5-3-7-14(16)18/h2-9H,10-12H2,1H3. The van der Waals surface area contributed by atoms with Gasteiger partial charge < -0.3 is 4.90 Å². The molecule has 0 radical (unpaired) electrons. The Morgan fingerprint density at radius 3 is 2.59 bits per heavy atom. The minimum Gasteiger partial charge on any atom is -0.341 e. The largest absolute Gasteiger partial charge is 0.341 e. The summed E-state index contributed by atoms with van der Waals surface area (Å²) in [5.74, 6) is 0.347. The summed E-state index contributed by atoms with van der Waals surface area (Å²) in [5, 5.41) is 0.694. The molecule has 0 saturated carbocycles. The van der Waals surface area contributed by atoms with Crippen LogP contribution in [0, 0.1) is 5.82 Å². The number of carbonyl (C=O) groups excluding carboxylic acids is 1. The number of hydrogen-bond donors (Lipinski definition) is 0. The quantitative estimate of drug-likeness (QED) is 0.717. The molecule has 0 fully saturated rings. The molecule has 0 aliphatic rings. The maximum absolute atomic E-state index is 13.6. The molecule has 22 heavy (non-hydrogen) atoms. The lowest BCUT2D eigenvalue weighted by Gasteiger charge is -2.17. The van der Waals surface area contributed by atoms with E-state index in [4.69, 9.17) is 11.6 Å². The average molecular weight is 338 g/mol. The normalized spacial score (nSPS) is 10.5. The van der Waals surface area contributed by atoms with Crippen molar-refractivity contribution in [3.05, 3.63) is 64.9 Å². The van der Waals surface area contributed by atoms with Gasteiger partial charge in [0.2, 0.25) is 5.91 Å². The first-order chi connectivity index (χ1) is 10.6. The second-order valence-corrected chi connectivity index (χ2v) is 6.41. The van der Waals surface area contributed by atoms with Crippen LogP contribution in [0.2, 0.25) is 5.02 Å². The van der Waals surface area contributed by atoms with Gasteiger partial charge in [0, 0.05) is 36.2 Å². The van der Waals surface area contributed by atoms with E-state index in [1.165, 1.54) is 6.07 Å². The van der Waals surface area contributed by atoms with Crippen LogP contribution in [-0.4, -0.2) is 23.6 Å². The van der Waals surface area contributed by atoms with Crippen molar-refractivity contribution in [1.29, 1.82) is 0 Å². The van der Waals surface area contributed by atoms with Crippen LogP contribution in [0.3, 0.4) is 0 Å². The van der Waals surface area contributed by atoms with E-state index in [-0.39, 0.29) is 18.3 Å². The van der Waals surface area contributed by atoms with Gasteiger partial charge in [-0.1, -0.05) is 41.9 Å². The zero-order valence-corrected chi connectivity index (χ0v) is 13.8. The molecule has 0 aliphatic heterocycles. The van der Waals surface area contributed by atoms with E-state index in [0.717, 1.165) is 4.90 Å². The summed E-state index contributed by atoms with van der Waals surface area (Å²) < 4.78 is 13.6. The molecule has 2 aromatic rings. The van der Waals surface area contributed by atoms with Crippen molar-refractivity contribution in [2.24, 2.45) is 0 Å². The Morgan fingerprint density at radius 2 is 1.86 bits per heavy atom. The third-order valence-electron chi connectivity index (χ3n) is 3.20. The summed E-state index contributed by atoms with van der Waals surface area (Å²) in [7, 11) is 1.69. The second-order valence-electron chi connectivity index (χ2n) is 4.87. The molecular weight excluding hydrogens is 321 g/mol. The van der Waals surface area contributed by atoms with Gasteiger partial charge in [-0.2, -0.15) is 0 Å². The van der Waals surface area contributed by atoms with Crippen LogP contribution in [0.25, 0.3) is 0 Å². The molecule has 1 amide bonds. The Morgan fingerprint density at radius 1 is 1.18 bits per heavy atom. The molecule has 0 spiro atoms. The summed E-state index contributed by atoms with van der Waals surface area (Å²) in [6.45, 7) is 0.280. The van der Waals surface area contributed by atoms with Crippen molar-refractivity contribution in [3.63, 3.8) is 0 Å². The molecule has 0 aliphatic carbocycles. The van der Waals surface area contributed by atoms with Crippen LogP contribution in [-0.2, 0) is 11.3 Å². The van der Waals surface area contributed by atoms with Crippen LogP contribution in [0.15, 0.2) is 53.4 Å². The van der Waals surface area contributed by atoms with Crippen molar-refractivity contribution in [2.45, 2.75) is 17.9 Å². The van der Waals surface area contributed by atoms with Crippen LogP contribution < -0.4 is 0 Å². The van der Waals surface area contributed by atoms with Crippen LogP contribution in [0.4, 0.5) is 4.39 Å². The van der Waals surface area contributed by atoms with Crippen molar-refractivity contribution in [3.8, 4) is 0 Å². The summed E-state index contributed by atoms with van der Waals surface area (Å²) in [4.78, 5) is 14.6. The average Bonchev–Trinajstić information content (AvgIpc) is 2.51. The molecule has 116 valence electrons. The first-order valence-corrected chi connectivity index (χ1v) is 8.29. The van der Waals surface area contributed by atoms with Gasteiger partial charge >= 0.3 is 0 Å². The number of benzene rings is 2. The van der Waals surface area contributed by atoms with E-state index < -0.39 is 0 Å². The lowest BCUT2D eigenvalue weighted by molar-refractivity contribution is -0.129. The first-order valence-electron chi connectivity index (χ1n) is 6.92. The summed E-state index contributed by atoms with van der Waals surface area (Å²) in [6.07, 6.45) is 0.390. The number of carbonyl (C=O) groups is 1. The number of rotatable bonds is 6. The minimum absolute atomic E-state index is 0.0113. The summed E-state index contributed by atoms with van der Waals surface area (Å²) in [5.41, 5.74) is 0.525. The molecule has 0 aromatic heterocycles. The van der Waals surface area contributed by atoms with E-state index >= 15 is 0 Å². The zero-order valence-electron chi connectivity index (χ0n) is 12.3. The second kappa shape index (κ2) is 8.20. The Bertz CT molecular complexity index is 650. The van der Waals surface area contributed by atoms with Crippen LogP contribution in [0.5, 0.6) is 0 Å². The third kappa shape index (κ3) is 4.75. The Labute approximate surface area is 139 Å². The van der Waals surface area contributed by atoms with Crippen LogP contribution in [0.1, 0.15) is 12.0 Å². The molecule has 0 atom stereocenters. The fourth-order valence-electron chi connectivity index (χ4n) is 1.97. The van der Waals surface area contributed by atoms with Gasteiger partial charge in [-0.05, 0) is 18.2 Å². The molecule has 0 bridgehead atoms. The van der Waals surface area contributed by atoms with E-state index in [1.807, 2.05) is 24.3 Å². The SMILES string of the molecule is CN(Cc1ccccc1F)C(=O)CCSc1ccccc1Cl. The molecule has 2 rings (SSSR count). The number of nitrogens with zero attached hydrogens (tertiary/aromatic N) is 1. The summed E-state index contributed by atoms with van der Waals surface area (Å²) >= 11 is 7.62. The number of thioether (sulfide) groups is 1. The van der Waals surface area contributed by atoms with Crippen molar-refractivity contribution >= 4 is 29.3 Å². The molecule has 0 saturated heterocycles. The van der Waals surface area contributed by atoms with Crippen molar-refractivity contribution in [1.82, 2.24) is 4.90 Å². The maximum Gasteiger partial charge on any atom is 0.223 e. The lowest BCUT2D eigenvalue weighted by Crippen LogP contribution is -2.26. The first kappa shape index (κ1) is 16.8. The molecule has 2 nitrogen and oxygen atoms in total. The van der Waals surface area contributed by atoms with Crippen molar-refractivity contribution in [2.75, 3.05) is 12.8 Å². The predicted molar refractivity (Wildman–Crippen MR) is 89.7 cm³/mol. The van der Waals surface area contributed by atoms with Crippen molar-refractivity contribution < 1.29 is 9.18 Å². The van der Waals surface area contributed by atoms with Gasteiger partial charge in [-0.3, -0.25) is 4.79 Å². The molecule has 0 heterocycles. The number of amides is 1. The fraction of sp³-hybridized carbons (Fsp3) is 0.235. The monoisotopic (exact) mass is 337 g/mol. The summed E-state index contributed by atoms with van der Waals surface area (Å²) in [6, 6.07) is 14.1. The highest BCUT2D eigenvalue weighted by molar-refractivity contribution is 7.99. The van der Waals surface area contributed by atoms with Gasteiger partial charge in [0.1, 0.15) is 5.82 Å². The molecule has 0 N–H and O–H groups in total. The zero-order chi connectivity index (χ0) is 15.9. The number of halogens is 2. The maximum atomic E-state index is 13.6. The number of hydrogen-bond acceptors (Lipinski definition) is 2. The lowest BCUT2D eigenvalue weighted by atomic mass is 10.2. The topological polar surface area (TPSA) is 20.3 Å². The highest BCUT2D eigenvalue weighted by atomic mass is 35.5. The molecule has 0 unspecified atom stereocenters. The molecular formula is C17H17ClFNOS. The molecule has 2 aromatic carbocycles. The highest BCUT2D eigenvalue weighted by Crippen LogP contribution is 2.27. The van der Waals surface area contributed by atoms with Gasteiger partial charge in [0.05, 0.1) is 5.02 Å². The smallest absolute Gasteiger partial charge is 0.223 e. The van der Waals surface area contributed by atoms with E-state index in [1.54, 1.807) is 41.9 Å². The fourth-order valence-corrected chi connectivity index (χ4v) is 3.15. The Kier molecular flexibility index (Phi) is 6.28. The van der Waals surface area contributed by atoms with Gasteiger partial charge in [-0.15, -0.1) is 11.8 Å². The van der Waals surface area contributed by atoms with E-state index in [9.17, 15) is 9.18 Å². The predicted octanol–water partition coefficient (Wildman–Crippen LogP) is 4.62.